The summed E-state index contributed by atoms with van der Waals surface area (Å²) in [5.74, 6) is 0. The second kappa shape index (κ2) is 14.3. The van der Waals surface area contributed by atoms with Crippen LogP contribution in [-0.4, -0.2) is 28.5 Å². The number of hydrogen-bond donors (Lipinski definition) is 0. The van der Waals surface area contributed by atoms with E-state index in [0.29, 0.717) is 0 Å². The normalized spacial score (nSPS) is 16.7. The summed E-state index contributed by atoms with van der Waals surface area (Å²) in [4.78, 5) is 0. The first kappa shape index (κ1) is 24.2. The van der Waals surface area contributed by atoms with Crippen LogP contribution < -0.4 is 0 Å². The van der Waals surface area contributed by atoms with Crippen LogP contribution in [0.5, 0.6) is 0 Å². The molecular formula is C18H34Cl2O2Si2. The van der Waals surface area contributed by atoms with Crippen molar-refractivity contribution >= 4 is 37.4 Å². The van der Waals surface area contributed by atoms with Gasteiger partial charge in [-0.25, -0.2) is 0 Å². The van der Waals surface area contributed by atoms with Gasteiger partial charge in [-0.05, 0) is 37.0 Å². The van der Waals surface area contributed by atoms with Crippen molar-refractivity contribution in [2.75, 3.05) is 13.2 Å². The van der Waals surface area contributed by atoms with Crippen LogP contribution in [0.3, 0.4) is 0 Å². The second-order valence-corrected chi connectivity index (χ2v) is 15.9. The topological polar surface area (TPSA) is 18.5 Å². The van der Waals surface area contributed by atoms with Gasteiger partial charge >= 0.3 is 0 Å². The summed E-state index contributed by atoms with van der Waals surface area (Å²) in [7, 11) is -4.51. The van der Waals surface area contributed by atoms with Crippen molar-refractivity contribution in [1.29, 1.82) is 0 Å². The third-order valence-corrected chi connectivity index (χ3v) is 11.1. The van der Waals surface area contributed by atoms with Gasteiger partial charge in [0.2, 0.25) is 0 Å². The smallest absolute Gasteiger partial charge is 0.297 e. The lowest BCUT2D eigenvalue weighted by atomic mass is 10.4. The van der Waals surface area contributed by atoms with Crippen molar-refractivity contribution in [3.8, 4) is 0 Å². The lowest BCUT2D eigenvalue weighted by molar-refractivity contribution is 0.306. The Kier molecular flexibility index (Phi) is 14.4. The van der Waals surface area contributed by atoms with E-state index >= 15 is 0 Å². The zero-order valence-corrected chi connectivity index (χ0v) is 18.9. The van der Waals surface area contributed by atoms with Crippen molar-refractivity contribution in [1.82, 2.24) is 0 Å². The van der Waals surface area contributed by atoms with Gasteiger partial charge in [-0.3, -0.25) is 0 Å². The van der Waals surface area contributed by atoms with Gasteiger partial charge < -0.3 is 8.85 Å². The highest BCUT2D eigenvalue weighted by atomic mass is 35.6. The average Bonchev–Trinajstić information content (AvgIpc) is 2.53. The molecule has 0 rings (SSSR count). The van der Waals surface area contributed by atoms with Gasteiger partial charge in [0.15, 0.2) is 0 Å². The lowest BCUT2D eigenvalue weighted by Gasteiger charge is -2.23. The first-order valence-corrected chi connectivity index (χ1v) is 15.6. The summed E-state index contributed by atoms with van der Waals surface area (Å²) in [6.45, 7) is 13.4. The van der Waals surface area contributed by atoms with Crippen LogP contribution >= 0.6 is 22.2 Å². The molecule has 2 atom stereocenters. The Labute approximate surface area is 160 Å². The molecule has 0 bridgehead atoms. The van der Waals surface area contributed by atoms with Crippen LogP contribution in [0.4, 0.5) is 0 Å². The molecule has 0 spiro atoms. The second-order valence-electron chi connectivity index (χ2n) is 6.04. The molecule has 24 heavy (non-hydrogen) atoms. The molecule has 0 heterocycles. The van der Waals surface area contributed by atoms with E-state index in [2.05, 4.69) is 39.2 Å². The van der Waals surface area contributed by atoms with Crippen molar-refractivity contribution in [2.24, 2.45) is 0 Å². The van der Waals surface area contributed by atoms with E-state index in [1.165, 1.54) is 0 Å². The molecule has 0 saturated carbocycles. The van der Waals surface area contributed by atoms with E-state index < -0.39 is 15.3 Å². The van der Waals surface area contributed by atoms with Gasteiger partial charge in [-0.1, -0.05) is 51.0 Å². The molecule has 0 fully saturated rings. The molecule has 0 aromatic heterocycles. The van der Waals surface area contributed by atoms with Crippen LogP contribution in [0, 0.1) is 0 Å². The predicted molar refractivity (Wildman–Crippen MR) is 114 cm³/mol. The van der Waals surface area contributed by atoms with E-state index in [0.717, 1.165) is 63.1 Å². The monoisotopic (exact) mass is 408 g/mol. The van der Waals surface area contributed by atoms with Crippen molar-refractivity contribution in [3.63, 3.8) is 0 Å². The molecular weight excluding hydrogens is 375 g/mol. The molecule has 0 aliphatic carbocycles. The van der Waals surface area contributed by atoms with Crippen LogP contribution in [0.15, 0.2) is 37.5 Å². The number of allylic oxidation sites excluding steroid dienone is 4. The first-order valence-electron chi connectivity index (χ1n) is 8.97. The molecule has 0 aliphatic heterocycles. The number of hydrogen-bond acceptors (Lipinski definition) is 2. The minimum atomic E-state index is -2.25. The molecule has 6 heteroatoms. The Morgan fingerprint density at radius 1 is 0.750 bits per heavy atom. The van der Waals surface area contributed by atoms with E-state index in [4.69, 9.17) is 31.0 Å². The van der Waals surface area contributed by atoms with Crippen LogP contribution in [0.2, 0.25) is 24.2 Å². The molecule has 0 aromatic carbocycles. The highest BCUT2D eigenvalue weighted by Crippen LogP contribution is 2.27. The molecule has 2 nitrogen and oxygen atoms in total. The first-order chi connectivity index (χ1) is 11.4. The fourth-order valence-electron chi connectivity index (χ4n) is 2.15. The Hall–Kier alpha value is 0.154. The molecule has 0 aliphatic rings. The van der Waals surface area contributed by atoms with E-state index in [1.807, 2.05) is 12.2 Å². The zero-order valence-electron chi connectivity index (χ0n) is 15.4. The molecule has 140 valence electrons. The van der Waals surface area contributed by atoms with Gasteiger partial charge in [0.05, 0.1) is 0 Å². The third-order valence-electron chi connectivity index (χ3n) is 3.63. The fourth-order valence-corrected chi connectivity index (χ4v) is 7.53. The predicted octanol–water partition coefficient (Wildman–Crippen LogP) is 6.91. The summed E-state index contributed by atoms with van der Waals surface area (Å²) in [5.41, 5.74) is 0. The summed E-state index contributed by atoms with van der Waals surface area (Å²) >= 11 is 13.4. The minimum absolute atomic E-state index is 0.735. The number of halogens is 2. The highest BCUT2D eigenvalue weighted by molar-refractivity contribution is 7.17. The summed E-state index contributed by atoms with van der Waals surface area (Å²) < 4.78 is 12.0. The maximum Gasteiger partial charge on any atom is 0.297 e. The summed E-state index contributed by atoms with van der Waals surface area (Å²) in [6, 6.07) is 3.06. The molecule has 0 saturated heterocycles. The van der Waals surface area contributed by atoms with Crippen LogP contribution in [0.25, 0.3) is 0 Å². The Balaban J connectivity index is 4.53. The summed E-state index contributed by atoms with van der Waals surface area (Å²) in [5, 5.41) is 0. The zero-order chi connectivity index (χ0) is 18.3. The van der Waals surface area contributed by atoms with Gasteiger partial charge in [0.25, 0.3) is 15.3 Å². The maximum absolute atomic E-state index is 6.71. The number of unbranched alkanes of at least 4 members (excludes halogenated alkanes) is 2. The van der Waals surface area contributed by atoms with Crippen LogP contribution in [0.1, 0.15) is 39.5 Å². The van der Waals surface area contributed by atoms with E-state index in [9.17, 15) is 0 Å². The Bertz CT molecular complexity index is 346. The lowest BCUT2D eigenvalue weighted by Crippen LogP contribution is -2.32. The molecule has 0 amide bonds. The molecule has 0 radical (unpaired) electrons. The van der Waals surface area contributed by atoms with Crippen molar-refractivity contribution < 1.29 is 8.85 Å². The van der Waals surface area contributed by atoms with E-state index in [-0.39, 0.29) is 0 Å². The van der Waals surface area contributed by atoms with Gasteiger partial charge in [0.1, 0.15) is 0 Å². The number of rotatable bonds is 16. The van der Waals surface area contributed by atoms with Gasteiger partial charge in [0, 0.05) is 13.2 Å². The standard InChI is InChI=1S/C18H34Cl2O2Si2/c1-5-9-13-21-23(19,15-7-3)17-11-12-18-24(20,16-8-4)22-14-10-6-2/h7-8,11-12H,3-6,9-10,13-18H2,1-2H3/b12-11+. The van der Waals surface area contributed by atoms with Gasteiger partial charge in [-0.15, -0.1) is 35.3 Å². The van der Waals surface area contributed by atoms with Crippen LogP contribution in [-0.2, 0) is 8.85 Å². The summed E-state index contributed by atoms with van der Waals surface area (Å²) in [6.07, 6.45) is 12.3. The SMILES string of the molecule is C=CC[Si](Cl)(C/C=C/C[Si](Cl)(CC=C)OCCCC)OCCCC. The van der Waals surface area contributed by atoms with Crippen molar-refractivity contribution in [2.45, 2.75) is 63.7 Å². The Morgan fingerprint density at radius 3 is 1.42 bits per heavy atom. The third kappa shape index (κ3) is 11.7. The minimum Gasteiger partial charge on any atom is -0.403 e. The largest absolute Gasteiger partial charge is 0.403 e. The van der Waals surface area contributed by atoms with Crippen molar-refractivity contribution in [3.05, 3.63) is 37.5 Å². The maximum atomic E-state index is 6.71. The van der Waals surface area contributed by atoms with E-state index in [1.54, 1.807) is 0 Å². The Morgan fingerprint density at radius 2 is 1.12 bits per heavy atom. The highest BCUT2D eigenvalue weighted by Gasteiger charge is 2.32. The molecule has 0 aromatic rings. The van der Waals surface area contributed by atoms with Gasteiger partial charge in [-0.2, -0.15) is 0 Å². The fraction of sp³-hybridized carbons (Fsp3) is 0.667. The average molecular weight is 410 g/mol. The molecule has 2 unspecified atom stereocenters. The quantitative estimate of drug-likeness (QED) is 0.119. The molecule has 0 N–H and O–H groups in total.